The summed E-state index contributed by atoms with van der Waals surface area (Å²) in [7, 11) is -0.449. The number of thioether (sulfide) groups is 1. The fourth-order valence-corrected chi connectivity index (χ4v) is 4.30. The molecule has 1 amide bonds. The number of likely N-dealkylation sites (tertiary alicyclic amines) is 1. The SMILES string of the molecule is CC(C)(C)OC(=O)N1CCC[C@H](CSc2ncc(B3OC(C)(C)C(C)(C)O3)cn2)C1. The lowest BCUT2D eigenvalue weighted by atomic mass is 9.81. The van der Waals surface area contributed by atoms with Crippen molar-refractivity contribution in [1.29, 1.82) is 0 Å². The second-order valence-electron chi connectivity index (χ2n) is 10.1. The molecule has 1 aromatic rings. The van der Waals surface area contributed by atoms with E-state index in [0.717, 1.165) is 35.8 Å². The first-order chi connectivity index (χ1) is 13.9. The van der Waals surface area contributed by atoms with E-state index in [1.54, 1.807) is 24.2 Å². The molecule has 30 heavy (non-hydrogen) atoms. The third-order valence-corrected chi connectivity index (χ3v) is 6.90. The van der Waals surface area contributed by atoms with E-state index < -0.39 is 12.7 Å². The Bertz CT molecular complexity index is 736. The Morgan fingerprint density at radius 3 is 2.40 bits per heavy atom. The summed E-state index contributed by atoms with van der Waals surface area (Å²) in [4.78, 5) is 23.1. The highest BCUT2D eigenvalue weighted by Gasteiger charge is 2.52. The Hall–Kier alpha value is -1.32. The summed E-state index contributed by atoms with van der Waals surface area (Å²) in [5.74, 6) is 1.28. The van der Waals surface area contributed by atoms with E-state index in [9.17, 15) is 4.79 Å². The van der Waals surface area contributed by atoms with E-state index >= 15 is 0 Å². The van der Waals surface area contributed by atoms with Crippen molar-refractivity contribution < 1.29 is 18.8 Å². The summed E-state index contributed by atoms with van der Waals surface area (Å²) in [6.07, 6.45) is 5.43. The number of rotatable bonds is 4. The van der Waals surface area contributed by atoms with Crippen molar-refractivity contribution in [3.63, 3.8) is 0 Å². The molecular weight excluding hydrogens is 401 g/mol. The quantitative estimate of drug-likeness (QED) is 0.407. The van der Waals surface area contributed by atoms with Crippen LogP contribution in [0.25, 0.3) is 0 Å². The Labute approximate surface area is 184 Å². The fraction of sp³-hybridized carbons (Fsp3) is 0.762. The van der Waals surface area contributed by atoms with Gasteiger partial charge < -0.3 is 18.9 Å². The molecule has 2 fully saturated rings. The topological polar surface area (TPSA) is 73.8 Å². The standard InChI is InChI=1S/C21H34BN3O4S/c1-19(2,3)27-18(26)25-10-8-9-15(13-25)14-30-17-23-11-16(12-24-17)22-28-20(4,5)21(6,7)29-22/h11-12,15H,8-10,13-14H2,1-7H3/t15-/m0/s1. The maximum absolute atomic E-state index is 12.3. The first-order valence-electron chi connectivity index (χ1n) is 10.6. The molecule has 9 heteroatoms. The number of aromatic nitrogens is 2. The van der Waals surface area contributed by atoms with Crippen molar-refractivity contribution in [2.45, 2.75) is 83.3 Å². The number of nitrogens with zero attached hydrogens (tertiary/aromatic N) is 3. The predicted octanol–water partition coefficient (Wildman–Crippen LogP) is 3.52. The lowest BCUT2D eigenvalue weighted by Crippen LogP contribution is -2.43. The Balaban J connectivity index is 1.51. The van der Waals surface area contributed by atoms with E-state index in [1.807, 2.05) is 53.4 Å². The van der Waals surface area contributed by atoms with Gasteiger partial charge in [0.2, 0.25) is 0 Å². The van der Waals surface area contributed by atoms with Gasteiger partial charge in [0.1, 0.15) is 5.60 Å². The van der Waals surface area contributed by atoms with Gasteiger partial charge in [0.05, 0.1) is 11.2 Å². The van der Waals surface area contributed by atoms with Crippen molar-refractivity contribution in [2.75, 3.05) is 18.8 Å². The molecule has 0 spiro atoms. The highest BCUT2D eigenvalue weighted by atomic mass is 32.2. The number of piperidine rings is 1. The highest BCUT2D eigenvalue weighted by Crippen LogP contribution is 2.36. The molecule has 0 saturated carbocycles. The van der Waals surface area contributed by atoms with Crippen LogP contribution in [0.2, 0.25) is 0 Å². The number of hydrogen-bond donors (Lipinski definition) is 0. The second-order valence-corrected chi connectivity index (χ2v) is 11.1. The van der Waals surface area contributed by atoms with Gasteiger partial charge in [-0.3, -0.25) is 0 Å². The number of amides is 1. The number of carbonyl (C=O) groups excluding carboxylic acids is 1. The Kier molecular flexibility index (Phi) is 6.75. The Morgan fingerprint density at radius 1 is 1.23 bits per heavy atom. The largest absolute Gasteiger partial charge is 0.498 e. The molecule has 0 N–H and O–H groups in total. The summed E-state index contributed by atoms with van der Waals surface area (Å²) in [6.45, 7) is 15.3. The highest BCUT2D eigenvalue weighted by molar-refractivity contribution is 7.99. The molecule has 166 valence electrons. The van der Waals surface area contributed by atoms with Crippen LogP contribution in [0.15, 0.2) is 17.6 Å². The molecule has 7 nitrogen and oxygen atoms in total. The molecule has 0 radical (unpaired) electrons. The molecule has 3 heterocycles. The van der Waals surface area contributed by atoms with E-state index in [0.29, 0.717) is 12.5 Å². The zero-order valence-corrected chi connectivity index (χ0v) is 20.0. The van der Waals surface area contributed by atoms with Crippen molar-refractivity contribution in [2.24, 2.45) is 5.92 Å². The number of hydrogen-bond acceptors (Lipinski definition) is 7. The minimum absolute atomic E-state index is 0.222. The van der Waals surface area contributed by atoms with Gasteiger partial charge >= 0.3 is 13.2 Å². The van der Waals surface area contributed by atoms with Gasteiger partial charge in [-0.2, -0.15) is 0 Å². The zero-order chi connectivity index (χ0) is 22.2. The van der Waals surface area contributed by atoms with Crippen molar-refractivity contribution in [3.05, 3.63) is 12.4 Å². The third kappa shape index (κ3) is 5.68. The lowest BCUT2D eigenvalue weighted by molar-refractivity contribution is 0.00578. The monoisotopic (exact) mass is 435 g/mol. The van der Waals surface area contributed by atoms with Crippen LogP contribution in [0.1, 0.15) is 61.3 Å². The molecule has 3 rings (SSSR count). The molecule has 1 aromatic heterocycles. The lowest BCUT2D eigenvalue weighted by Gasteiger charge is -2.33. The summed E-state index contributed by atoms with van der Waals surface area (Å²) in [5.41, 5.74) is -0.407. The van der Waals surface area contributed by atoms with Crippen LogP contribution in [0.3, 0.4) is 0 Å². The summed E-state index contributed by atoms with van der Waals surface area (Å²) in [6, 6.07) is 0. The Morgan fingerprint density at radius 2 is 1.83 bits per heavy atom. The van der Waals surface area contributed by atoms with Crippen LogP contribution in [0.5, 0.6) is 0 Å². The second kappa shape index (κ2) is 8.67. The summed E-state index contributed by atoms with van der Waals surface area (Å²) < 4.78 is 17.6. The first-order valence-corrected chi connectivity index (χ1v) is 11.6. The van der Waals surface area contributed by atoms with E-state index in [2.05, 4.69) is 9.97 Å². The van der Waals surface area contributed by atoms with Crippen LogP contribution >= 0.6 is 11.8 Å². The van der Waals surface area contributed by atoms with Crippen LogP contribution in [-0.2, 0) is 14.0 Å². The minimum atomic E-state index is -0.467. The molecule has 1 atom stereocenters. The molecule has 2 saturated heterocycles. The maximum Gasteiger partial charge on any atom is 0.498 e. The van der Waals surface area contributed by atoms with Crippen LogP contribution < -0.4 is 5.46 Å². The van der Waals surface area contributed by atoms with E-state index in [4.69, 9.17) is 14.0 Å². The summed E-state index contributed by atoms with van der Waals surface area (Å²) >= 11 is 1.62. The smallest absolute Gasteiger partial charge is 0.444 e. The normalized spacial score (nSPS) is 23.5. The number of carbonyl (C=O) groups is 1. The summed E-state index contributed by atoms with van der Waals surface area (Å²) in [5, 5.41) is 0.727. The molecule has 0 unspecified atom stereocenters. The van der Waals surface area contributed by atoms with Gasteiger partial charge in [0.15, 0.2) is 5.16 Å². The average molecular weight is 435 g/mol. The first kappa shape index (κ1) is 23.4. The maximum atomic E-state index is 12.3. The van der Waals surface area contributed by atoms with Crippen molar-refractivity contribution >= 4 is 30.4 Å². The van der Waals surface area contributed by atoms with E-state index in [-0.39, 0.29) is 17.3 Å². The third-order valence-electron chi connectivity index (χ3n) is 5.79. The van der Waals surface area contributed by atoms with Crippen molar-refractivity contribution in [1.82, 2.24) is 14.9 Å². The van der Waals surface area contributed by atoms with Gasteiger partial charge in [-0.25, -0.2) is 14.8 Å². The molecule has 2 aliphatic heterocycles. The van der Waals surface area contributed by atoms with Crippen LogP contribution in [0.4, 0.5) is 4.79 Å². The van der Waals surface area contributed by atoms with Gasteiger partial charge in [-0.15, -0.1) is 0 Å². The van der Waals surface area contributed by atoms with Crippen molar-refractivity contribution in [3.8, 4) is 0 Å². The molecule has 0 bridgehead atoms. The van der Waals surface area contributed by atoms with Crippen LogP contribution in [0, 0.1) is 5.92 Å². The molecule has 0 aromatic carbocycles. The molecular formula is C21H34BN3O4S. The fourth-order valence-electron chi connectivity index (χ4n) is 3.39. The zero-order valence-electron chi connectivity index (χ0n) is 19.2. The van der Waals surface area contributed by atoms with Gasteiger partial charge in [-0.1, -0.05) is 11.8 Å². The predicted molar refractivity (Wildman–Crippen MR) is 119 cm³/mol. The minimum Gasteiger partial charge on any atom is -0.444 e. The average Bonchev–Trinajstić information content (AvgIpc) is 2.87. The van der Waals surface area contributed by atoms with E-state index in [1.165, 1.54) is 0 Å². The van der Waals surface area contributed by atoms with Gasteiger partial charge in [0, 0.05) is 36.7 Å². The van der Waals surface area contributed by atoms with Gasteiger partial charge in [-0.05, 0) is 67.2 Å². The molecule has 2 aliphatic rings. The number of ether oxygens (including phenoxy) is 1. The van der Waals surface area contributed by atoms with Gasteiger partial charge in [0.25, 0.3) is 0 Å². The molecule has 0 aliphatic carbocycles. The van der Waals surface area contributed by atoms with Crippen LogP contribution in [-0.4, -0.2) is 63.7 Å².